The first-order chi connectivity index (χ1) is 15.6. The van der Waals surface area contributed by atoms with E-state index in [0.717, 1.165) is 5.56 Å². The van der Waals surface area contributed by atoms with Crippen molar-refractivity contribution in [2.45, 2.75) is 25.8 Å². The van der Waals surface area contributed by atoms with E-state index in [4.69, 9.17) is 14.6 Å². The van der Waals surface area contributed by atoms with E-state index in [1.165, 1.54) is 11.3 Å². The van der Waals surface area contributed by atoms with Crippen LogP contribution in [0.25, 0.3) is 10.6 Å². The van der Waals surface area contributed by atoms with Gasteiger partial charge in [-0.15, -0.1) is 11.3 Å². The number of Topliss-reactive ketones (excluding diaryl/α,β-unsaturated/α-hetero) is 1. The molecule has 0 radical (unpaired) electrons. The number of rotatable bonds is 3. The molecule has 0 saturated heterocycles. The minimum absolute atomic E-state index is 0.00417. The van der Waals surface area contributed by atoms with Crippen LogP contribution < -0.4 is 10.1 Å². The molecule has 3 aromatic rings. The number of carbonyl (C=O) groups excluding carboxylic acids is 2. The third-order valence-electron chi connectivity index (χ3n) is 4.71. The zero-order valence-corrected chi connectivity index (χ0v) is 18.1. The molecule has 11 heteroatoms. The lowest BCUT2D eigenvalue weighted by molar-refractivity contribution is 0.0861. The first kappa shape index (κ1) is 22.1. The van der Waals surface area contributed by atoms with Crippen molar-refractivity contribution >= 4 is 28.7 Å². The van der Waals surface area contributed by atoms with Crippen molar-refractivity contribution in [3.63, 3.8) is 0 Å². The fourth-order valence-corrected chi connectivity index (χ4v) is 3.94. The lowest BCUT2D eigenvalue weighted by Crippen LogP contribution is -2.15. The summed E-state index contributed by atoms with van der Waals surface area (Å²) in [6, 6.07) is 3.57. The molecule has 1 aliphatic rings. The van der Waals surface area contributed by atoms with Crippen LogP contribution in [0.1, 0.15) is 40.2 Å². The highest BCUT2D eigenvalue weighted by atomic mass is 32.1. The number of carbonyl (C=O) groups is 2. The number of nitrogens with zero attached hydrogens (tertiary/aromatic N) is 4. The van der Waals surface area contributed by atoms with E-state index in [1.54, 1.807) is 34.6 Å². The molecule has 4 bridgehead atoms. The van der Waals surface area contributed by atoms with Gasteiger partial charge < -0.3 is 19.9 Å². The summed E-state index contributed by atoms with van der Waals surface area (Å²) in [6.45, 7) is 1.54. The Morgan fingerprint density at radius 1 is 1.25 bits per heavy atom. The Morgan fingerprint density at radius 2 is 2.16 bits per heavy atom. The number of aliphatic hydroxyl groups excluding tert-OH is 1. The lowest BCUT2D eigenvalue weighted by atomic mass is 10.1. The van der Waals surface area contributed by atoms with Gasteiger partial charge >= 0.3 is 0 Å². The number of ether oxygens (including phenoxy) is 2. The predicted molar refractivity (Wildman–Crippen MR) is 117 cm³/mol. The number of fused-ring (bicyclic) bond motifs is 6. The van der Waals surface area contributed by atoms with Gasteiger partial charge in [-0.05, 0) is 18.9 Å². The summed E-state index contributed by atoms with van der Waals surface area (Å²) < 4.78 is 12.7. The largest absolute Gasteiger partial charge is 0.475 e. The molecule has 10 nitrogen and oxygen atoms in total. The molecular weight excluding hydrogens is 434 g/mol. The molecule has 0 saturated carbocycles. The van der Waals surface area contributed by atoms with Gasteiger partial charge in [0.15, 0.2) is 11.5 Å². The second-order valence-electron chi connectivity index (χ2n) is 7.09. The van der Waals surface area contributed by atoms with Gasteiger partial charge in [-0.2, -0.15) is 5.10 Å². The molecule has 0 fully saturated rings. The van der Waals surface area contributed by atoms with Crippen LogP contribution in [0.5, 0.6) is 5.88 Å². The highest BCUT2D eigenvalue weighted by molar-refractivity contribution is 7.13. The van der Waals surface area contributed by atoms with Crippen molar-refractivity contribution in [2.75, 3.05) is 31.7 Å². The number of aryl methyl sites for hydroxylation is 1. The second-order valence-corrected chi connectivity index (χ2v) is 7.95. The maximum absolute atomic E-state index is 12.8. The van der Waals surface area contributed by atoms with E-state index in [2.05, 4.69) is 20.4 Å². The first-order valence-corrected chi connectivity index (χ1v) is 11.2. The van der Waals surface area contributed by atoms with Crippen molar-refractivity contribution < 1.29 is 24.2 Å². The SMILES string of the molecule is O=C1Nc2cn(CCCO)nc2C(=O)CCCOCCOc2cc(ccn2)-c2nc1cs2. The maximum atomic E-state index is 12.8. The normalized spacial score (nSPS) is 15.3. The predicted octanol–water partition coefficient (Wildman–Crippen LogP) is 2.41. The molecule has 4 heterocycles. The molecular formula is C21H23N5O5S. The molecule has 4 rings (SSSR count). The Labute approximate surface area is 188 Å². The van der Waals surface area contributed by atoms with Gasteiger partial charge in [0.05, 0.1) is 12.3 Å². The van der Waals surface area contributed by atoms with Crippen LogP contribution in [-0.4, -0.2) is 63.0 Å². The highest BCUT2D eigenvalue weighted by Crippen LogP contribution is 2.26. The van der Waals surface area contributed by atoms with E-state index in [9.17, 15) is 9.59 Å². The number of ketones is 1. The maximum Gasteiger partial charge on any atom is 0.275 e. The highest BCUT2D eigenvalue weighted by Gasteiger charge is 2.21. The first-order valence-electron chi connectivity index (χ1n) is 10.3. The summed E-state index contributed by atoms with van der Waals surface area (Å²) in [6.07, 6.45) is 4.46. The molecule has 0 aromatic carbocycles. The summed E-state index contributed by atoms with van der Waals surface area (Å²) >= 11 is 1.32. The molecule has 0 spiro atoms. The zero-order chi connectivity index (χ0) is 22.3. The molecule has 0 atom stereocenters. The molecule has 1 amide bonds. The zero-order valence-electron chi connectivity index (χ0n) is 17.3. The van der Waals surface area contributed by atoms with Crippen LogP contribution in [-0.2, 0) is 11.3 Å². The van der Waals surface area contributed by atoms with Crippen LogP contribution in [0.3, 0.4) is 0 Å². The molecule has 2 N–H and O–H groups in total. The Bertz CT molecular complexity index is 1100. The van der Waals surface area contributed by atoms with E-state index < -0.39 is 5.91 Å². The molecule has 3 aromatic heterocycles. The average molecular weight is 458 g/mol. The van der Waals surface area contributed by atoms with Crippen LogP contribution in [0, 0.1) is 0 Å². The van der Waals surface area contributed by atoms with Crippen molar-refractivity contribution in [1.82, 2.24) is 19.7 Å². The van der Waals surface area contributed by atoms with Gasteiger partial charge in [-0.25, -0.2) is 9.97 Å². The minimum atomic E-state index is -0.432. The number of thiazole rings is 1. The lowest BCUT2D eigenvalue weighted by Gasteiger charge is -2.08. The monoisotopic (exact) mass is 457 g/mol. The number of aromatic nitrogens is 4. The molecule has 168 valence electrons. The van der Waals surface area contributed by atoms with Gasteiger partial charge in [0.25, 0.3) is 5.91 Å². The quantitative estimate of drug-likeness (QED) is 0.614. The number of hydrogen-bond donors (Lipinski definition) is 2. The summed E-state index contributed by atoms with van der Waals surface area (Å²) in [5.74, 6) is -0.177. The molecule has 0 aliphatic carbocycles. The van der Waals surface area contributed by atoms with E-state index in [-0.39, 0.29) is 30.2 Å². The van der Waals surface area contributed by atoms with E-state index in [1.807, 2.05) is 0 Å². The fraction of sp³-hybridized carbons (Fsp3) is 0.381. The topological polar surface area (TPSA) is 128 Å². The molecule has 0 unspecified atom stereocenters. The van der Waals surface area contributed by atoms with Crippen LogP contribution in [0.2, 0.25) is 0 Å². The van der Waals surface area contributed by atoms with Crippen molar-refractivity contribution in [3.8, 4) is 16.5 Å². The number of anilines is 1. The average Bonchev–Trinajstić information content (AvgIpc) is 3.44. The van der Waals surface area contributed by atoms with Gasteiger partial charge in [0.1, 0.15) is 17.3 Å². The standard InChI is InChI=1S/C21H23N5O5S/c27-7-2-6-26-12-15-19(25-26)17(28)3-1-8-30-9-10-31-18-11-14(4-5-22-18)21-24-16(13-32-21)20(29)23-15/h4-5,11-13,27H,1-3,6-10H2,(H,23,29). The Balaban J connectivity index is 1.63. The fourth-order valence-electron chi connectivity index (χ4n) is 3.14. The summed E-state index contributed by atoms with van der Waals surface area (Å²) in [5.41, 5.74) is 1.54. The van der Waals surface area contributed by atoms with Gasteiger partial charge in [0, 0.05) is 55.6 Å². The third-order valence-corrected chi connectivity index (χ3v) is 5.60. The van der Waals surface area contributed by atoms with Crippen LogP contribution >= 0.6 is 11.3 Å². The van der Waals surface area contributed by atoms with Gasteiger partial charge in [-0.1, -0.05) is 0 Å². The molecule has 1 aliphatic heterocycles. The van der Waals surface area contributed by atoms with Crippen molar-refractivity contribution in [2.24, 2.45) is 0 Å². The third kappa shape index (κ3) is 5.36. The van der Waals surface area contributed by atoms with Gasteiger partial charge in [0.2, 0.25) is 5.88 Å². The van der Waals surface area contributed by atoms with Crippen LogP contribution in [0.4, 0.5) is 5.69 Å². The molecule has 32 heavy (non-hydrogen) atoms. The summed E-state index contributed by atoms with van der Waals surface area (Å²) in [5, 5.41) is 18.5. The number of nitrogens with one attached hydrogen (secondary N) is 1. The smallest absolute Gasteiger partial charge is 0.275 e. The number of hydrogen-bond acceptors (Lipinski definition) is 9. The Kier molecular flexibility index (Phi) is 7.20. The van der Waals surface area contributed by atoms with E-state index in [0.29, 0.717) is 55.8 Å². The van der Waals surface area contributed by atoms with E-state index >= 15 is 0 Å². The Morgan fingerprint density at radius 3 is 3.03 bits per heavy atom. The number of aliphatic hydroxyl groups is 1. The number of pyridine rings is 1. The van der Waals surface area contributed by atoms with Crippen molar-refractivity contribution in [1.29, 1.82) is 0 Å². The minimum Gasteiger partial charge on any atom is -0.475 e. The summed E-state index contributed by atoms with van der Waals surface area (Å²) in [4.78, 5) is 34.2. The second kappa shape index (κ2) is 10.4. The number of amides is 1. The van der Waals surface area contributed by atoms with Gasteiger partial charge in [-0.3, -0.25) is 14.3 Å². The van der Waals surface area contributed by atoms with Crippen molar-refractivity contribution in [3.05, 3.63) is 41.3 Å². The van der Waals surface area contributed by atoms with Crippen LogP contribution in [0.15, 0.2) is 29.9 Å². The summed E-state index contributed by atoms with van der Waals surface area (Å²) in [7, 11) is 0. The Hall–Kier alpha value is -3.15.